The molecule has 0 fully saturated rings. The highest BCUT2D eigenvalue weighted by Crippen LogP contribution is 2.26. The summed E-state index contributed by atoms with van der Waals surface area (Å²) >= 11 is 6.16. The molecule has 0 amide bonds. The van der Waals surface area contributed by atoms with Crippen LogP contribution in [0, 0.1) is 0 Å². The Morgan fingerprint density at radius 3 is 2.83 bits per heavy atom. The standard InChI is InChI=1S/C13H16ClN3O/c1-15-6-10-3-4-13(12(14)5-10)18-9-11-7-16-17(2)8-11/h3-5,7-8,15H,6,9H2,1-2H3. The Hall–Kier alpha value is -1.52. The quantitative estimate of drug-likeness (QED) is 0.902. The molecule has 0 saturated carbocycles. The Labute approximate surface area is 112 Å². The van der Waals surface area contributed by atoms with E-state index in [4.69, 9.17) is 16.3 Å². The van der Waals surface area contributed by atoms with Gasteiger partial charge in [-0.1, -0.05) is 17.7 Å². The lowest BCUT2D eigenvalue weighted by Crippen LogP contribution is -2.05. The van der Waals surface area contributed by atoms with Gasteiger partial charge in [0.1, 0.15) is 12.4 Å². The average Bonchev–Trinajstić information content (AvgIpc) is 2.74. The van der Waals surface area contributed by atoms with Crippen LogP contribution in [-0.4, -0.2) is 16.8 Å². The first kappa shape index (κ1) is 12.9. The summed E-state index contributed by atoms with van der Waals surface area (Å²) in [5.74, 6) is 0.695. The third-order valence-electron chi connectivity index (χ3n) is 2.53. The zero-order chi connectivity index (χ0) is 13.0. The summed E-state index contributed by atoms with van der Waals surface area (Å²) < 4.78 is 7.41. The van der Waals surface area contributed by atoms with Gasteiger partial charge in [0, 0.05) is 25.4 Å². The van der Waals surface area contributed by atoms with E-state index >= 15 is 0 Å². The molecule has 1 aromatic heterocycles. The molecule has 0 aliphatic rings. The molecule has 2 rings (SSSR count). The number of hydrogen-bond acceptors (Lipinski definition) is 3. The van der Waals surface area contributed by atoms with E-state index in [2.05, 4.69) is 10.4 Å². The van der Waals surface area contributed by atoms with Crippen molar-refractivity contribution >= 4 is 11.6 Å². The summed E-state index contributed by atoms with van der Waals surface area (Å²) in [5, 5.41) is 7.80. The predicted molar refractivity (Wildman–Crippen MR) is 71.8 cm³/mol. The lowest BCUT2D eigenvalue weighted by atomic mass is 10.2. The topological polar surface area (TPSA) is 39.1 Å². The van der Waals surface area contributed by atoms with Crippen LogP contribution in [0.3, 0.4) is 0 Å². The van der Waals surface area contributed by atoms with Crippen molar-refractivity contribution in [3.05, 3.63) is 46.7 Å². The van der Waals surface area contributed by atoms with Crippen LogP contribution in [0.4, 0.5) is 0 Å². The first-order chi connectivity index (χ1) is 8.69. The highest BCUT2D eigenvalue weighted by atomic mass is 35.5. The van der Waals surface area contributed by atoms with E-state index in [0.717, 1.165) is 17.7 Å². The molecular weight excluding hydrogens is 250 g/mol. The molecule has 4 nitrogen and oxygen atoms in total. The Morgan fingerprint density at radius 2 is 2.22 bits per heavy atom. The van der Waals surface area contributed by atoms with Crippen molar-refractivity contribution in [2.24, 2.45) is 7.05 Å². The van der Waals surface area contributed by atoms with E-state index in [-0.39, 0.29) is 0 Å². The van der Waals surface area contributed by atoms with Gasteiger partial charge in [-0.15, -0.1) is 0 Å². The third-order valence-corrected chi connectivity index (χ3v) is 2.83. The number of rotatable bonds is 5. The maximum Gasteiger partial charge on any atom is 0.138 e. The highest BCUT2D eigenvalue weighted by molar-refractivity contribution is 6.32. The van der Waals surface area contributed by atoms with Gasteiger partial charge in [-0.25, -0.2) is 0 Å². The summed E-state index contributed by atoms with van der Waals surface area (Å²) in [6, 6.07) is 5.81. The minimum Gasteiger partial charge on any atom is -0.487 e. The number of hydrogen-bond donors (Lipinski definition) is 1. The fraction of sp³-hybridized carbons (Fsp3) is 0.308. The maximum absolute atomic E-state index is 6.16. The zero-order valence-corrected chi connectivity index (χ0v) is 11.2. The van der Waals surface area contributed by atoms with Gasteiger partial charge >= 0.3 is 0 Å². The van der Waals surface area contributed by atoms with Crippen molar-refractivity contribution in [2.45, 2.75) is 13.2 Å². The monoisotopic (exact) mass is 265 g/mol. The summed E-state index contributed by atoms with van der Waals surface area (Å²) in [6.07, 6.45) is 3.70. The van der Waals surface area contributed by atoms with Gasteiger partial charge in [0.2, 0.25) is 0 Å². The van der Waals surface area contributed by atoms with Crippen molar-refractivity contribution in [3.63, 3.8) is 0 Å². The minimum absolute atomic E-state index is 0.471. The number of halogens is 1. The van der Waals surface area contributed by atoms with Crippen molar-refractivity contribution in [1.82, 2.24) is 15.1 Å². The highest BCUT2D eigenvalue weighted by Gasteiger charge is 2.04. The van der Waals surface area contributed by atoms with Crippen molar-refractivity contribution in [1.29, 1.82) is 0 Å². The molecule has 0 aliphatic heterocycles. The average molecular weight is 266 g/mol. The van der Waals surface area contributed by atoms with E-state index < -0.39 is 0 Å². The van der Waals surface area contributed by atoms with Gasteiger partial charge < -0.3 is 10.1 Å². The Balaban J connectivity index is 2.01. The second-order valence-corrected chi connectivity index (χ2v) is 4.51. The summed E-state index contributed by atoms with van der Waals surface area (Å²) in [7, 11) is 3.78. The number of benzene rings is 1. The lowest BCUT2D eigenvalue weighted by molar-refractivity contribution is 0.306. The summed E-state index contributed by atoms with van der Waals surface area (Å²) in [4.78, 5) is 0. The van der Waals surface area contributed by atoms with Crippen LogP contribution in [-0.2, 0) is 20.2 Å². The van der Waals surface area contributed by atoms with Crippen molar-refractivity contribution in [3.8, 4) is 5.75 Å². The van der Waals surface area contributed by atoms with Gasteiger partial charge in [-0.3, -0.25) is 4.68 Å². The molecule has 96 valence electrons. The van der Waals surface area contributed by atoms with Gasteiger partial charge in [-0.05, 0) is 24.7 Å². The molecule has 0 saturated heterocycles. The fourth-order valence-corrected chi connectivity index (χ4v) is 1.94. The van der Waals surface area contributed by atoms with Crippen LogP contribution in [0.15, 0.2) is 30.6 Å². The van der Waals surface area contributed by atoms with Crippen molar-refractivity contribution < 1.29 is 4.74 Å². The van der Waals surface area contributed by atoms with Crippen LogP contribution in [0.1, 0.15) is 11.1 Å². The molecule has 0 spiro atoms. The molecule has 1 aromatic carbocycles. The van der Waals surface area contributed by atoms with Crippen LogP contribution < -0.4 is 10.1 Å². The second kappa shape index (κ2) is 5.89. The molecule has 0 bridgehead atoms. The van der Waals surface area contributed by atoms with Gasteiger partial charge in [0.05, 0.1) is 11.2 Å². The number of aryl methyl sites for hydroxylation is 1. The first-order valence-electron chi connectivity index (χ1n) is 5.72. The zero-order valence-electron chi connectivity index (χ0n) is 10.5. The molecule has 1 heterocycles. The van der Waals surface area contributed by atoms with Crippen LogP contribution in [0.2, 0.25) is 5.02 Å². The number of ether oxygens (including phenoxy) is 1. The SMILES string of the molecule is CNCc1ccc(OCc2cnn(C)c2)c(Cl)c1. The molecule has 18 heavy (non-hydrogen) atoms. The molecular formula is C13H16ClN3O. The Morgan fingerprint density at radius 1 is 1.39 bits per heavy atom. The van der Waals surface area contributed by atoms with Crippen LogP contribution in [0.5, 0.6) is 5.75 Å². The summed E-state index contributed by atoms with van der Waals surface area (Å²) in [6.45, 7) is 1.27. The first-order valence-corrected chi connectivity index (χ1v) is 6.10. The van der Waals surface area contributed by atoms with Gasteiger partial charge in [0.25, 0.3) is 0 Å². The van der Waals surface area contributed by atoms with Gasteiger partial charge in [-0.2, -0.15) is 5.10 Å². The number of nitrogens with one attached hydrogen (secondary N) is 1. The number of nitrogens with zero attached hydrogens (tertiary/aromatic N) is 2. The molecule has 1 N–H and O–H groups in total. The van der Waals surface area contributed by atoms with E-state index in [1.807, 2.05) is 38.5 Å². The van der Waals surface area contributed by atoms with E-state index in [0.29, 0.717) is 17.4 Å². The maximum atomic E-state index is 6.16. The normalized spacial score (nSPS) is 10.6. The molecule has 0 aliphatic carbocycles. The third kappa shape index (κ3) is 3.24. The molecule has 0 radical (unpaired) electrons. The molecule has 2 aromatic rings. The molecule has 0 atom stereocenters. The second-order valence-electron chi connectivity index (χ2n) is 4.11. The smallest absolute Gasteiger partial charge is 0.138 e. The van der Waals surface area contributed by atoms with Crippen molar-refractivity contribution in [2.75, 3.05) is 7.05 Å². The molecule has 0 unspecified atom stereocenters. The fourth-order valence-electron chi connectivity index (χ4n) is 1.68. The lowest BCUT2D eigenvalue weighted by Gasteiger charge is -2.08. The minimum atomic E-state index is 0.471. The van der Waals surface area contributed by atoms with Crippen LogP contribution >= 0.6 is 11.6 Å². The van der Waals surface area contributed by atoms with E-state index in [1.54, 1.807) is 10.9 Å². The van der Waals surface area contributed by atoms with Gasteiger partial charge in [0.15, 0.2) is 0 Å². The molecule has 5 heteroatoms. The Bertz CT molecular complexity index is 525. The Kier molecular flexibility index (Phi) is 4.23. The predicted octanol–water partition coefficient (Wildman–Crippen LogP) is 2.37. The largest absolute Gasteiger partial charge is 0.487 e. The van der Waals surface area contributed by atoms with E-state index in [1.165, 1.54) is 0 Å². The van der Waals surface area contributed by atoms with Crippen LogP contribution in [0.25, 0.3) is 0 Å². The van der Waals surface area contributed by atoms with E-state index in [9.17, 15) is 0 Å². The number of aromatic nitrogens is 2. The summed E-state index contributed by atoms with van der Waals surface area (Å²) in [5.41, 5.74) is 2.16.